The van der Waals surface area contributed by atoms with E-state index in [1.807, 2.05) is 30.3 Å². The molecule has 0 radical (unpaired) electrons. The molecule has 7 heteroatoms. The van der Waals surface area contributed by atoms with Gasteiger partial charge in [0.2, 0.25) is 5.91 Å². The van der Waals surface area contributed by atoms with Crippen LogP contribution in [-0.2, 0) is 11.2 Å². The minimum absolute atomic E-state index is 0.159. The molecule has 2 N–H and O–H groups in total. The molecule has 0 aliphatic rings. The van der Waals surface area contributed by atoms with E-state index in [9.17, 15) is 9.59 Å². The average Bonchev–Trinajstić information content (AvgIpc) is 2.79. The van der Waals surface area contributed by atoms with E-state index in [4.69, 9.17) is 9.47 Å². The van der Waals surface area contributed by atoms with Gasteiger partial charge in [-0.15, -0.1) is 0 Å². The second-order valence-electron chi connectivity index (χ2n) is 6.60. The van der Waals surface area contributed by atoms with Gasteiger partial charge in [-0.05, 0) is 35.9 Å². The molecular weight excluding hydrogens is 394 g/mol. The number of methoxy groups -OCH3 is 2. The van der Waals surface area contributed by atoms with Crippen molar-refractivity contribution in [1.29, 1.82) is 0 Å². The maximum atomic E-state index is 12.4. The lowest BCUT2D eigenvalue weighted by molar-refractivity contribution is -0.115. The van der Waals surface area contributed by atoms with Crippen LogP contribution in [0.4, 0.5) is 5.69 Å². The number of hydrogen-bond acceptors (Lipinski definition) is 5. The third kappa shape index (κ3) is 6.17. The van der Waals surface area contributed by atoms with Crippen LogP contribution in [0.25, 0.3) is 0 Å². The molecule has 0 spiro atoms. The summed E-state index contributed by atoms with van der Waals surface area (Å²) in [7, 11) is 3.11. The largest absolute Gasteiger partial charge is 0.497 e. The smallest absolute Gasteiger partial charge is 0.271 e. The van der Waals surface area contributed by atoms with Gasteiger partial charge in [-0.25, -0.2) is 5.43 Å². The van der Waals surface area contributed by atoms with Crippen LogP contribution in [0.1, 0.15) is 21.5 Å². The van der Waals surface area contributed by atoms with Gasteiger partial charge in [-0.3, -0.25) is 9.59 Å². The zero-order valence-electron chi connectivity index (χ0n) is 17.3. The third-order valence-corrected chi connectivity index (χ3v) is 4.43. The molecule has 0 aromatic heterocycles. The highest BCUT2D eigenvalue weighted by molar-refractivity contribution is 5.98. The van der Waals surface area contributed by atoms with Crippen molar-refractivity contribution in [3.63, 3.8) is 0 Å². The van der Waals surface area contributed by atoms with Crippen molar-refractivity contribution in [2.45, 2.75) is 6.42 Å². The molecule has 2 amide bonds. The number of carbonyl (C=O) groups is 2. The number of nitrogens with one attached hydrogen (secondary N) is 2. The minimum Gasteiger partial charge on any atom is -0.497 e. The maximum Gasteiger partial charge on any atom is 0.271 e. The molecule has 158 valence electrons. The summed E-state index contributed by atoms with van der Waals surface area (Å²) in [6.07, 6.45) is 1.74. The normalized spacial score (nSPS) is 10.5. The number of anilines is 1. The number of benzene rings is 3. The summed E-state index contributed by atoms with van der Waals surface area (Å²) in [5.41, 5.74) is 4.99. The molecule has 0 atom stereocenters. The Morgan fingerprint density at radius 1 is 0.935 bits per heavy atom. The first-order valence-electron chi connectivity index (χ1n) is 9.58. The first-order chi connectivity index (χ1) is 15.1. The van der Waals surface area contributed by atoms with Gasteiger partial charge in [0.1, 0.15) is 11.5 Å². The summed E-state index contributed by atoms with van der Waals surface area (Å²) in [6.45, 7) is 0. The zero-order valence-corrected chi connectivity index (χ0v) is 17.3. The molecule has 31 heavy (non-hydrogen) atoms. The molecule has 3 aromatic carbocycles. The summed E-state index contributed by atoms with van der Waals surface area (Å²) in [5.74, 6) is 0.668. The van der Waals surface area contributed by atoms with Crippen LogP contribution in [-0.4, -0.2) is 32.2 Å². The van der Waals surface area contributed by atoms with Gasteiger partial charge in [0.15, 0.2) is 0 Å². The second kappa shape index (κ2) is 10.6. The predicted molar refractivity (Wildman–Crippen MR) is 120 cm³/mol. The van der Waals surface area contributed by atoms with Crippen LogP contribution in [0.15, 0.2) is 77.9 Å². The van der Waals surface area contributed by atoms with Gasteiger partial charge in [-0.1, -0.05) is 36.4 Å². The standard InChI is InChI=1S/C24H23N3O4/c1-30-21-12-11-19(22(15-21)31-2)16-25-27-24(29)18-9-6-10-20(14-18)26-23(28)13-17-7-4-3-5-8-17/h3-12,14-16H,13H2,1-2H3,(H,26,28)(H,27,29). The first-order valence-corrected chi connectivity index (χ1v) is 9.58. The molecule has 0 heterocycles. The van der Waals surface area contributed by atoms with Gasteiger partial charge in [0.05, 0.1) is 26.9 Å². The molecule has 3 rings (SSSR count). The molecule has 0 saturated heterocycles. The zero-order chi connectivity index (χ0) is 22.1. The van der Waals surface area contributed by atoms with E-state index in [1.54, 1.807) is 56.7 Å². The lowest BCUT2D eigenvalue weighted by Crippen LogP contribution is -2.19. The van der Waals surface area contributed by atoms with Crippen LogP contribution < -0.4 is 20.2 Å². The summed E-state index contributed by atoms with van der Waals surface area (Å²) in [5, 5.41) is 6.80. The molecule has 0 saturated carbocycles. The fourth-order valence-electron chi connectivity index (χ4n) is 2.87. The van der Waals surface area contributed by atoms with E-state index >= 15 is 0 Å². The number of carbonyl (C=O) groups excluding carboxylic acids is 2. The minimum atomic E-state index is -0.400. The molecule has 0 aliphatic carbocycles. The Labute approximate surface area is 180 Å². The molecule has 0 fully saturated rings. The lowest BCUT2D eigenvalue weighted by atomic mass is 10.1. The van der Waals surface area contributed by atoms with Crippen molar-refractivity contribution >= 4 is 23.7 Å². The Morgan fingerprint density at radius 2 is 1.74 bits per heavy atom. The number of ether oxygens (including phenoxy) is 2. The maximum absolute atomic E-state index is 12.4. The Hall–Kier alpha value is -4.13. The fourth-order valence-corrected chi connectivity index (χ4v) is 2.87. The SMILES string of the molecule is COc1ccc(C=NNC(=O)c2cccc(NC(=O)Cc3ccccc3)c2)c(OC)c1. The van der Waals surface area contributed by atoms with Gasteiger partial charge in [0.25, 0.3) is 5.91 Å². The molecule has 0 aliphatic heterocycles. The van der Waals surface area contributed by atoms with Crippen LogP contribution in [0.5, 0.6) is 11.5 Å². The molecular formula is C24H23N3O4. The first kappa shape index (κ1) is 21.6. The van der Waals surface area contributed by atoms with Crippen molar-refractivity contribution in [1.82, 2.24) is 5.43 Å². The Kier molecular flexibility index (Phi) is 7.37. The van der Waals surface area contributed by atoms with E-state index in [1.165, 1.54) is 6.21 Å². The number of nitrogens with zero attached hydrogens (tertiary/aromatic N) is 1. The van der Waals surface area contributed by atoms with Gasteiger partial charge >= 0.3 is 0 Å². The van der Waals surface area contributed by atoms with E-state index in [0.717, 1.165) is 5.56 Å². The van der Waals surface area contributed by atoms with Crippen molar-refractivity contribution in [3.05, 3.63) is 89.5 Å². The highest BCUT2D eigenvalue weighted by atomic mass is 16.5. The van der Waals surface area contributed by atoms with Gasteiger partial charge < -0.3 is 14.8 Å². The summed E-state index contributed by atoms with van der Waals surface area (Å²) in [4.78, 5) is 24.7. The molecule has 7 nitrogen and oxygen atoms in total. The van der Waals surface area contributed by atoms with Crippen molar-refractivity contribution in [2.75, 3.05) is 19.5 Å². The third-order valence-electron chi connectivity index (χ3n) is 4.43. The number of amides is 2. The Balaban J connectivity index is 1.61. The van der Waals surface area contributed by atoms with Crippen LogP contribution >= 0.6 is 0 Å². The summed E-state index contributed by atoms with van der Waals surface area (Å²) in [6, 6.07) is 21.4. The molecule has 0 unspecified atom stereocenters. The Bertz CT molecular complexity index is 1080. The van der Waals surface area contributed by atoms with Gasteiger partial charge in [-0.2, -0.15) is 5.10 Å². The number of hydrogen-bond donors (Lipinski definition) is 2. The van der Waals surface area contributed by atoms with E-state index in [0.29, 0.717) is 28.3 Å². The average molecular weight is 417 g/mol. The Morgan fingerprint density at radius 3 is 2.48 bits per heavy atom. The van der Waals surface area contributed by atoms with E-state index in [2.05, 4.69) is 15.8 Å². The fraction of sp³-hybridized carbons (Fsp3) is 0.125. The van der Waals surface area contributed by atoms with Crippen LogP contribution in [0, 0.1) is 0 Å². The van der Waals surface area contributed by atoms with E-state index < -0.39 is 5.91 Å². The highest BCUT2D eigenvalue weighted by Crippen LogP contribution is 2.23. The quantitative estimate of drug-likeness (QED) is 0.433. The van der Waals surface area contributed by atoms with Crippen LogP contribution in [0.2, 0.25) is 0 Å². The van der Waals surface area contributed by atoms with E-state index in [-0.39, 0.29) is 12.3 Å². The van der Waals surface area contributed by atoms with Crippen molar-refractivity contribution < 1.29 is 19.1 Å². The lowest BCUT2D eigenvalue weighted by Gasteiger charge is -2.08. The number of hydrazone groups is 1. The number of rotatable bonds is 8. The summed E-state index contributed by atoms with van der Waals surface area (Å²) < 4.78 is 10.5. The summed E-state index contributed by atoms with van der Waals surface area (Å²) >= 11 is 0. The van der Waals surface area contributed by atoms with Gasteiger partial charge in [0, 0.05) is 22.9 Å². The molecule has 3 aromatic rings. The van der Waals surface area contributed by atoms with Crippen LogP contribution in [0.3, 0.4) is 0 Å². The monoisotopic (exact) mass is 417 g/mol. The predicted octanol–water partition coefficient (Wildman–Crippen LogP) is 3.65. The van der Waals surface area contributed by atoms with Crippen molar-refractivity contribution in [2.24, 2.45) is 5.10 Å². The molecule has 0 bridgehead atoms. The van der Waals surface area contributed by atoms with Crippen molar-refractivity contribution in [3.8, 4) is 11.5 Å². The highest BCUT2D eigenvalue weighted by Gasteiger charge is 2.08. The topological polar surface area (TPSA) is 89.0 Å². The second-order valence-corrected chi connectivity index (χ2v) is 6.60.